The highest BCUT2D eigenvalue weighted by molar-refractivity contribution is 5.95. The number of carbonyl (C=O) groups excluding carboxylic acids is 1. The second kappa shape index (κ2) is 7.02. The Balaban J connectivity index is 2.06. The molecule has 3 rings (SSSR count). The highest BCUT2D eigenvalue weighted by Crippen LogP contribution is 2.41. The van der Waals surface area contributed by atoms with Crippen molar-refractivity contribution in [3.05, 3.63) is 58.7 Å². The average molecular weight is 401 g/mol. The number of primary amides is 1. The number of alkyl halides is 3. The third-order valence-electron chi connectivity index (χ3n) is 4.79. The maximum Gasteiger partial charge on any atom is 0.573 e. The predicted molar refractivity (Wildman–Crippen MR) is 93.9 cm³/mol. The van der Waals surface area contributed by atoms with Gasteiger partial charge in [0.05, 0.1) is 17.7 Å². The quantitative estimate of drug-likeness (QED) is 0.845. The van der Waals surface area contributed by atoms with E-state index < -0.39 is 29.5 Å². The Morgan fingerprint density at radius 2 is 1.97 bits per heavy atom. The molecule has 0 aromatic heterocycles. The largest absolute Gasteiger partial charge is 0.573 e. The van der Waals surface area contributed by atoms with Gasteiger partial charge in [-0.2, -0.15) is 10.5 Å². The number of ether oxygens (including phenoxy) is 2. The molecule has 9 heteroatoms. The van der Waals surface area contributed by atoms with Gasteiger partial charge in [0.15, 0.2) is 0 Å². The number of halogens is 3. The van der Waals surface area contributed by atoms with Crippen LogP contribution >= 0.6 is 0 Å². The van der Waals surface area contributed by atoms with Gasteiger partial charge in [0.1, 0.15) is 23.0 Å². The van der Waals surface area contributed by atoms with Crippen LogP contribution in [0.4, 0.5) is 13.2 Å². The van der Waals surface area contributed by atoms with E-state index in [0.717, 1.165) is 18.2 Å². The molecule has 2 aromatic rings. The Kier molecular flexibility index (Phi) is 4.85. The van der Waals surface area contributed by atoms with Crippen molar-refractivity contribution in [1.29, 1.82) is 10.5 Å². The molecule has 6 nitrogen and oxygen atoms in total. The van der Waals surface area contributed by atoms with Crippen molar-refractivity contribution < 1.29 is 27.4 Å². The van der Waals surface area contributed by atoms with Crippen molar-refractivity contribution in [2.75, 3.05) is 0 Å². The smallest absolute Gasteiger partial charge is 0.488 e. The van der Waals surface area contributed by atoms with Gasteiger partial charge < -0.3 is 15.2 Å². The zero-order chi connectivity index (χ0) is 21.4. The molecule has 1 heterocycles. The van der Waals surface area contributed by atoms with E-state index in [1.54, 1.807) is 18.2 Å². The van der Waals surface area contributed by atoms with Gasteiger partial charge in [-0.1, -0.05) is 0 Å². The van der Waals surface area contributed by atoms with Crippen molar-refractivity contribution in [3.63, 3.8) is 0 Å². The van der Waals surface area contributed by atoms with Gasteiger partial charge in [-0.15, -0.1) is 13.2 Å². The average Bonchev–Trinajstić information content (AvgIpc) is 3.09. The zero-order valence-corrected chi connectivity index (χ0v) is 15.1. The van der Waals surface area contributed by atoms with Crippen LogP contribution in [0.3, 0.4) is 0 Å². The Morgan fingerprint density at radius 1 is 1.24 bits per heavy atom. The first-order valence-electron chi connectivity index (χ1n) is 8.38. The number of nitrogens with two attached hydrogens (primary N) is 1. The minimum Gasteiger partial charge on any atom is -0.488 e. The number of nitrogens with zero attached hydrogens (tertiary/aromatic N) is 2. The molecule has 0 saturated heterocycles. The van der Waals surface area contributed by atoms with Crippen LogP contribution in [0.5, 0.6) is 11.5 Å². The maximum absolute atomic E-state index is 12.6. The molecule has 148 valence electrons. The standard InChI is InChI=1S/C20H14F3N3O3/c1-19(10-25,17-7-12-6-11(9-24)2-5-16(12)28-17)15-8-13(29-20(21,22)23)3-4-14(15)18(26)27/h2-6,8,17H,7H2,1H3,(H2,26,27)/t17-,19-/m1/s1. The normalized spacial score (nSPS) is 17.2. The fourth-order valence-corrected chi connectivity index (χ4v) is 3.31. The summed E-state index contributed by atoms with van der Waals surface area (Å²) >= 11 is 0. The van der Waals surface area contributed by atoms with Crippen LogP contribution in [0.1, 0.15) is 34.0 Å². The zero-order valence-electron chi connectivity index (χ0n) is 15.1. The molecule has 2 atom stereocenters. The first-order chi connectivity index (χ1) is 13.6. The van der Waals surface area contributed by atoms with E-state index in [2.05, 4.69) is 10.8 Å². The lowest BCUT2D eigenvalue weighted by molar-refractivity contribution is -0.274. The number of fused-ring (bicyclic) bond motifs is 1. The molecule has 1 aliphatic heterocycles. The predicted octanol–water partition coefficient (Wildman–Crippen LogP) is 3.34. The summed E-state index contributed by atoms with van der Waals surface area (Å²) in [6.07, 6.45) is -5.55. The second-order valence-corrected chi connectivity index (χ2v) is 6.68. The lowest BCUT2D eigenvalue weighted by Gasteiger charge is -2.30. The van der Waals surface area contributed by atoms with E-state index in [0.29, 0.717) is 16.9 Å². The van der Waals surface area contributed by atoms with Crippen LogP contribution in [0.15, 0.2) is 36.4 Å². The van der Waals surface area contributed by atoms with Gasteiger partial charge in [0.25, 0.3) is 0 Å². The molecule has 0 fully saturated rings. The van der Waals surface area contributed by atoms with Gasteiger partial charge in [-0.25, -0.2) is 0 Å². The number of nitriles is 2. The summed E-state index contributed by atoms with van der Waals surface area (Å²) in [4.78, 5) is 11.9. The Labute approximate surface area is 163 Å². The SMILES string of the molecule is C[C@@](C#N)(c1cc(OC(F)(F)F)ccc1C(N)=O)[C@H]1Cc2cc(C#N)ccc2O1. The van der Waals surface area contributed by atoms with Crippen molar-refractivity contribution in [2.24, 2.45) is 5.73 Å². The molecule has 1 aliphatic rings. The van der Waals surface area contributed by atoms with Crippen LogP contribution in [0.25, 0.3) is 0 Å². The molecule has 0 unspecified atom stereocenters. The minimum atomic E-state index is -4.94. The van der Waals surface area contributed by atoms with E-state index in [1.165, 1.54) is 6.92 Å². The number of rotatable bonds is 4. The molecule has 0 spiro atoms. The van der Waals surface area contributed by atoms with E-state index in [9.17, 15) is 23.2 Å². The summed E-state index contributed by atoms with van der Waals surface area (Å²) in [5.74, 6) is -1.03. The lowest BCUT2D eigenvalue weighted by Crippen LogP contribution is -2.40. The van der Waals surface area contributed by atoms with Crippen molar-refractivity contribution in [3.8, 4) is 23.6 Å². The minimum absolute atomic E-state index is 0.0347. The van der Waals surface area contributed by atoms with Gasteiger partial charge in [-0.3, -0.25) is 4.79 Å². The lowest BCUT2D eigenvalue weighted by atomic mass is 9.75. The van der Waals surface area contributed by atoms with Gasteiger partial charge in [-0.05, 0) is 54.4 Å². The summed E-state index contributed by atoms with van der Waals surface area (Å²) in [5, 5.41) is 19.0. The number of benzene rings is 2. The molecule has 0 bridgehead atoms. The highest BCUT2D eigenvalue weighted by atomic mass is 19.4. The van der Waals surface area contributed by atoms with Crippen LogP contribution in [-0.4, -0.2) is 18.4 Å². The summed E-state index contributed by atoms with van der Waals surface area (Å²) in [6.45, 7) is 1.45. The summed E-state index contributed by atoms with van der Waals surface area (Å²) < 4.78 is 47.7. The first-order valence-corrected chi connectivity index (χ1v) is 8.38. The number of hydrogen-bond donors (Lipinski definition) is 1. The fraction of sp³-hybridized carbons (Fsp3) is 0.250. The van der Waals surface area contributed by atoms with Crippen molar-refractivity contribution in [1.82, 2.24) is 0 Å². The molecule has 0 saturated carbocycles. The van der Waals surface area contributed by atoms with Crippen molar-refractivity contribution in [2.45, 2.75) is 31.2 Å². The molecule has 2 N–H and O–H groups in total. The molecular formula is C20H14F3N3O3. The summed E-state index contributed by atoms with van der Waals surface area (Å²) in [7, 11) is 0. The second-order valence-electron chi connectivity index (χ2n) is 6.68. The van der Waals surface area contributed by atoms with E-state index in [4.69, 9.17) is 15.7 Å². The van der Waals surface area contributed by atoms with Crippen molar-refractivity contribution >= 4 is 5.91 Å². The van der Waals surface area contributed by atoms with E-state index in [-0.39, 0.29) is 17.5 Å². The first kappa shape index (κ1) is 20.0. The Hall–Kier alpha value is -3.72. The number of amides is 1. The molecule has 2 aromatic carbocycles. The number of hydrogen-bond acceptors (Lipinski definition) is 5. The highest BCUT2D eigenvalue weighted by Gasteiger charge is 2.44. The number of carbonyl (C=O) groups is 1. The van der Waals surface area contributed by atoms with Crippen LogP contribution in [0.2, 0.25) is 0 Å². The maximum atomic E-state index is 12.6. The topological polar surface area (TPSA) is 109 Å². The fourth-order valence-electron chi connectivity index (χ4n) is 3.31. The third kappa shape index (κ3) is 3.81. The van der Waals surface area contributed by atoms with Gasteiger partial charge in [0.2, 0.25) is 5.91 Å². The van der Waals surface area contributed by atoms with Gasteiger partial charge in [0, 0.05) is 12.0 Å². The Bertz CT molecular complexity index is 1070. The van der Waals surface area contributed by atoms with Gasteiger partial charge >= 0.3 is 6.36 Å². The molecule has 0 radical (unpaired) electrons. The third-order valence-corrected chi connectivity index (χ3v) is 4.79. The Morgan fingerprint density at radius 3 is 2.55 bits per heavy atom. The van der Waals surface area contributed by atoms with Crippen LogP contribution in [0, 0.1) is 22.7 Å². The van der Waals surface area contributed by atoms with E-state index >= 15 is 0 Å². The summed E-state index contributed by atoms with van der Waals surface area (Å²) in [6, 6.07) is 11.8. The molecule has 1 amide bonds. The monoisotopic (exact) mass is 401 g/mol. The molecule has 29 heavy (non-hydrogen) atoms. The van der Waals surface area contributed by atoms with Crippen LogP contribution in [-0.2, 0) is 11.8 Å². The van der Waals surface area contributed by atoms with Crippen LogP contribution < -0.4 is 15.2 Å². The van der Waals surface area contributed by atoms with E-state index in [1.807, 2.05) is 6.07 Å². The molecular weight excluding hydrogens is 387 g/mol. The molecule has 0 aliphatic carbocycles. The summed E-state index contributed by atoms with van der Waals surface area (Å²) in [5.41, 5.74) is 4.79.